The maximum Gasteiger partial charge on any atom is 0.319 e. The Morgan fingerprint density at radius 2 is 2.22 bits per heavy atom. The Balaban J connectivity index is 1.80. The maximum atomic E-state index is 12.1. The number of thioether (sulfide) groups is 1. The van der Waals surface area contributed by atoms with Crippen LogP contribution < -0.4 is 0 Å². The molecule has 0 aromatic carbocycles. The first-order valence-electron chi connectivity index (χ1n) is 8.29. The molecule has 0 N–H and O–H groups in total. The Labute approximate surface area is 145 Å². The number of hydrogen-bond acceptors (Lipinski definition) is 6. The van der Waals surface area contributed by atoms with E-state index in [9.17, 15) is 4.79 Å². The first-order valence-corrected chi connectivity index (χ1v) is 9.98. The largest absolute Gasteiger partial charge is 0.465 e. The van der Waals surface area contributed by atoms with Crippen LogP contribution in [0.1, 0.15) is 50.0 Å². The van der Waals surface area contributed by atoms with E-state index in [0.29, 0.717) is 6.61 Å². The van der Waals surface area contributed by atoms with Crippen LogP contribution in [0.15, 0.2) is 11.4 Å². The fraction of sp³-hybridized carbons (Fsp3) is 0.588. The Morgan fingerprint density at radius 1 is 1.39 bits per heavy atom. The molecule has 0 radical (unpaired) electrons. The van der Waals surface area contributed by atoms with E-state index in [1.807, 2.05) is 6.92 Å². The van der Waals surface area contributed by atoms with Gasteiger partial charge in [-0.2, -0.15) is 0 Å². The minimum Gasteiger partial charge on any atom is -0.465 e. The number of hydrogen-bond donors (Lipinski definition) is 0. The van der Waals surface area contributed by atoms with Gasteiger partial charge in [0.05, 0.1) is 6.61 Å². The normalized spacial score (nSPS) is 15.4. The average molecular weight is 351 g/mol. The van der Waals surface area contributed by atoms with Gasteiger partial charge in [-0.3, -0.25) is 4.79 Å². The number of fused-ring (bicyclic) bond motifs is 3. The molecular weight excluding hydrogens is 328 g/mol. The smallest absolute Gasteiger partial charge is 0.319 e. The lowest BCUT2D eigenvalue weighted by atomic mass is 9.97. The number of unbranched alkanes of at least 4 members (excludes halogenated alkanes) is 1. The van der Waals surface area contributed by atoms with Gasteiger partial charge in [-0.1, -0.05) is 25.1 Å². The maximum absolute atomic E-state index is 12.1. The highest BCUT2D eigenvalue weighted by molar-refractivity contribution is 8.00. The first-order chi connectivity index (χ1) is 11.2. The van der Waals surface area contributed by atoms with E-state index in [1.54, 1.807) is 17.7 Å². The number of nitrogens with zero attached hydrogens (tertiary/aromatic N) is 2. The first kappa shape index (κ1) is 16.7. The second-order valence-electron chi connectivity index (χ2n) is 5.85. The molecule has 1 aliphatic rings. The van der Waals surface area contributed by atoms with Crippen LogP contribution in [-0.4, -0.2) is 27.8 Å². The summed E-state index contributed by atoms with van der Waals surface area (Å²) in [7, 11) is 0. The van der Waals surface area contributed by atoms with E-state index < -0.39 is 0 Å². The van der Waals surface area contributed by atoms with Crippen molar-refractivity contribution in [1.29, 1.82) is 0 Å². The highest BCUT2D eigenvalue weighted by Gasteiger charge is 2.23. The zero-order chi connectivity index (χ0) is 16.2. The van der Waals surface area contributed by atoms with Crippen molar-refractivity contribution < 1.29 is 9.53 Å². The Hall–Kier alpha value is -1.14. The van der Waals surface area contributed by atoms with Crippen molar-refractivity contribution in [2.24, 2.45) is 0 Å². The van der Waals surface area contributed by atoms with Crippen LogP contribution in [0.3, 0.4) is 0 Å². The Bertz CT molecular complexity index is 699. The summed E-state index contributed by atoms with van der Waals surface area (Å²) in [6, 6.07) is 0. The van der Waals surface area contributed by atoms with Gasteiger partial charge in [0.2, 0.25) is 0 Å². The Kier molecular flexibility index (Phi) is 5.54. The van der Waals surface area contributed by atoms with Crippen molar-refractivity contribution in [2.75, 3.05) is 6.61 Å². The molecule has 124 valence electrons. The summed E-state index contributed by atoms with van der Waals surface area (Å²) in [6.45, 7) is 4.49. The van der Waals surface area contributed by atoms with Crippen LogP contribution in [0.4, 0.5) is 0 Å². The molecule has 0 amide bonds. The fourth-order valence-corrected chi connectivity index (χ4v) is 5.04. The second kappa shape index (κ2) is 7.62. The predicted molar refractivity (Wildman–Crippen MR) is 95.2 cm³/mol. The number of carbonyl (C=O) groups excluding carboxylic acids is 1. The summed E-state index contributed by atoms with van der Waals surface area (Å²) in [5.41, 5.74) is 1.41. The highest BCUT2D eigenvalue weighted by Crippen LogP contribution is 2.40. The van der Waals surface area contributed by atoms with Crippen molar-refractivity contribution in [3.63, 3.8) is 0 Å². The summed E-state index contributed by atoms with van der Waals surface area (Å²) in [5, 5.41) is 1.85. The molecule has 3 rings (SSSR count). The van der Waals surface area contributed by atoms with Gasteiger partial charge in [0.1, 0.15) is 21.4 Å². The quantitative estimate of drug-likeness (QED) is 0.335. The van der Waals surface area contributed by atoms with E-state index in [1.165, 1.54) is 40.4 Å². The van der Waals surface area contributed by atoms with Crippen molar-refractivity contribution >= 4 is 39.3 Å². The third-order valence-corrected chi connectivity index (χ3v) is 6.36. The lowest BCUT2D eigenvalue weighted by Crippen LogP contribution is -2.17. The molecule has 1 aliphatic carbocycles. The van der Waals surface area contributed by atoms with Gasteiger partial charge in [0.25, 0.3) is 0 Å². The molecule has 0 spiro atoms. The molecule has 2 heterocycles. The molecule has 0 saturated heterocycles. The van der Waals surface area contributed by atoms with Gasteiger partial charge < -0.3 is 4.74 Å². The minimum absolute atomic E-state index is 0.153. The SMILES string of the molecule is CCCCOC(=O)[C@@H](C)Sc1ncnc2sc3c(c12)CCCC3. The molecule has 0 aliphatic heterocycles. The molecule has 6 heteroatoms. The number of ether oxygens (including phenoxy) is 1. The van der Waals surface area contributed by atoms with E-state index >= 15 is 0 Å². The van der Waals surface area contributed by atoms with Crippen LogP contribution in [-0.2, 0) is 22.4 Å². The van der Waals surface area contributed by atoms with Crippen LogP contribution in [0.5, 0.6) is 0 Å². The summed E-state index contributed by atoms with van der Waals surface area (Å²) in [6.07, 6.45) is 8.30. The zero-order valence-electron chi connectivity index (χ0n) is 13.6. The van der Waals surface area contributed by atoms with Crippen molar-refractivity contribution in [3.8, 4) is 0 Å². The molecule has 0 bridgehead atoms. The summed E-state index contributed by atoms with van der Waals surface area (Å²) < 4.78 is 5.32. The van der Waals surface area contributed by atoms with Gasteiger partial charge >= 0.3 is 5.97 Å². The van der Waals surface area contributed by atoms with E-state index in [-0.39, 0.29) is 11.2 Å². The van der Waals surface area contributed by atoms with Crippen LogP contribution in [0, 0.1) is 0 Å². The summed E-state index contributed by atoms with van der Waals surface area (Å²) in [5.74, 6) is -0.153. The number of aryl methyl sites for hydroxylation is 2. The predicted octanol–water partition coefficient (Wildman–Crippen LogP) is 4.39. The van der Waals surface area contributed by atoms with Gasteiger partial charge in [-0.05, 0) is 44.6 Å². The van der Waals surface area contributed by atoms with E-state index in [4.69, 9.17) is 4.74 Å². The fourth-order valence-electron chi connectivity index (χ4n) is 2.80. The van der Waals surface area contributed by atoms with Gasteiger partial charge in [-0.15, -0.1) is 11.3 Å². The monoisotopic (exact) mass is 350 g/mol. The molecule has 4 nitrogen and oxygen atoms in total. The number of esters is 1. The van der Waals surface area contributed by atoms with Crippen molar-refractivity contribution in [2.45, 2.75) is 62.6 Å². The average Bonchev–Trinajstić information content (AvgIpc) is 2.94. The molecular formula is C17H22N2O2S2. The summed E-state index contributed by atoms with van der Waals surface area (Å²) in [4.78, 5) is 23.5. The van der Waals surface area contributed by atoms with Crippen LogP contribution >= 0.6 is 23.1 Å². The second-order valence-corrected chi connectivity index (χ2v) is 8.26. The molecule has 2 aromatic rings. The molecule has 1 atom stereocenters. The highest BCUT2D eigenvalue weighted by atomic mass is 32.2. The van der Waals surface area contributed by atoms with Crippen LogP contribution in [0.25, 0.3) is 10.2 Å². The van der Waals surface area contributed by atoms with E-state index in [0.717, 1.165) is 35.5 Å². The minimum atomic E-state index is -0.246. The number of thiophene rings is 1. The molecule has 0 saturated carbocycles. The summed E-state index contributed by atoms with van der Waals surface area (Å²) >= 11 is 3.28. The molecule has 23 heavy (non-hydrogen) atoms. The standard InChI is InChI=1S/C17H22N2O2S2/c1-3-4-9-21-17(20)11(2)22-15-14-12-7-5-6-8-13(12)23-16(14)19-10-18-15/h10-11H,3-9H2,1-2H3/t11-/m1/s1. The third kappa shape index (κ3) is 3.69. The molecule has 0 fully saturated rings. The Morgan fingerprint density at radius 3 is 3.04 bits per heavy atom. The zero-order valence-corrected chi connectivity index (χ0v) is 15.3. The number of carbonyl (C=O) groups is 1. The third-order valence-electron chi connectivity index (χ3n) is 4.08. The van der Waals surface area contributed by atoms with Crippen molar-refractivity contribution in [1.82, 2.24) is 9.97 Å². The lowest BCUT2D eigenvalue weighted by Gasteiger charge is -2.13. The van der Waals surface area contributed by atoms with Crippen molar-refractivity contribution in [3.05, 3.63) is 16.8 Å². The van der Waals surface area contributed by atoms with E-state index in [2.05, 4.69) is 16.9 Å². The van der Waals surface area contributed by atoms with Gasteiger partial charge in [0.15, 0.2) is 0 Å². The number of aromatic nitrogens is 2. The van der Waals surface area contributed by atoms with Gasteiger partial charge in [0, 0.05) is 10.3 Å². The lowest BCUT2D eigenvalue weighted by molar-refractivity contribution is -0.142. The van der Waals surface area contributed by atoms with Crippen LogP contribution in [0.2, 0.25) is 0 Å². The molecule has 2 aromatic heterocycles. The van der Waals surface area contributed by atoms with Gasteiger partial charge in [-0.25, -0.2) is 9.97 Å². The molecule has 0 unspecified atom stereocenters. The number of rotatable bonds is 6. The topological polar surface area (TPSA) is 52.1 Å².